The molecule has 1 N–H and O–H groups in total. The Balaban J connectivity index is 1.92. The average Bonchev–Trinajstić information content (AvgIpc) is 2.71. The molecule has 0 fully saturated rings. The van der Waals surface area contributed by atoms with Crippen LogP contribution >= 0.6 is 0 Å². The lowest BCUT2D eigenvalue weighted by atomic mass is 10.0. The Morgan fingerprint density at radius 1 is 1.10 bits per heavy atom. The SMILES string of the molecule is CC(C)c1cccc(NC2CS(=O)(=O)c3ccccc32)c1. The zero-order valence-corrected chi connectivity index (χ0v) is 13.0. The fraction of sp³-hybridized carbons (Fsp3) is 0.294. The molecule has 0 saturated carbocycles. The standard InChI is InChI=1S/C17H19NO2S/c1-12(2)13-6-5-7-14(10-13)18-16-11-21(19,20)17-9-4-3-8-15(16)17/h3-10,12,16,18H,11H2,1-2H3. The first-order chi connectivity index (χ1) is 9.97. The molecule has 110 valence electrons. The average molecular weight is 301 g/mol. The van der Waals surface area contributed by atoms with Crippen molar-refractivity contribution in [2.45, 2.75) is 30.7 Å². The summed E-state index contributed by atoms with van der Waals surface area (Å²) in [5.41, 5.74) is 3.08. The summed E-state index contributed by atoms with van der Waals surface area (Å²) in [4.78, 5) is 0.461. The lowest BCUT2D eigenvalue weighted by Gasteiger charge is -2.16. The highest BCUT2D eigenvalue weighted by Crippen LogP contribution is 2.35. The molecule has 0 saturated heterocycles. The summed E-state index contributed by atoms with van der Waals surface area (Å²) < 4.78 is 24.4. The zero-order chi connectivity index (χ0) is 15.0. The van der Waals surface area contributed by atoms with Gasteiger partial charge in [0.25, 0.3) is 0 Å². The summed E-state index contributed by atoms with van der Waals surface area (Å²) in [6.45, 7) is 4.29. The molecule has 0 radical (unpaired) electrons. The van der Waals surface area contributed by atoms with Crippen molar-refractivity contribution in [1.82, 2.24) is 0 Å². The number of hydrogen-bond donors (Lipinski definition) is 1. The van der Waals surface area contributed by atoms with Gasteiger partial charge in [-0.05, 0) is 35.2 Å². The van der Waals surface area contributed by atoms with E-state index in [4.69, 9.17) is 0 Å². The third-order valence-electron chi connectivity index (χ3n) is 3.91. The largest absolute Gasteiger partial charge is 0.377 e. The van der Waals surface area contributed by atoms with Crippen LogP contribution in [0.2, 0.25) is 0 Å². The van der Waals surface area contributed by atoms with E-state index in [0.29, 0.717) is 10.8 Å². The van der Waals surface area contributed by atoms with Crippen molar-refractivity contribution >= 4 is 15.5 Å². The molecule has 2 aromatic rings. The first-order valence-electron chi connectivity index (χ1n) is 7.15. The van der Waals surface area contributed by atoms with Crippen LogP contribution in [0.1, 0.15) is 36.9 Å². The van der Waals surface area contributed by atoms with E-state index >= 15 is 0 Å². The summed E-state index contributed by atoms with van der Waals surface area (Å²) >= 11 is 0. The number of nitrogens with one attached hydrogen (secondary N) is 1. The van der Waals surface area contributed by atoms with Gasteiger partial charge >= 0.3 is 0 Å². The smallest absolute Gasteiger partial charge is 0.181 e. The first kappa shape index (κ1) is 14.1. The molecule has 2 aromatic carbocycles. The number of sulfone groups is 1. The summed E-state index contributed by atoms with van der Waals surface area (Å²) in [5, 5.41) is 3.37. The first-order valence-corrected chi connectivity index (χ1v) is 8.81. The predicted molar refractivity (Wildman–Crippen MR) is 85.4 cm³/mol. The van der Waals surface area contributed by atoms with Crippen molar-refractivity contribution in [3.05, 3.63) is 59.7 Å². The van der Waals surface area contributed by atoms with Crippen LogP contribution in [0.4, 0.5) is 5.69 Å². The number of fused-ring (bicyclic) bond motifs is 1. The Kier molecular flexibility index (Phi) is 3.49. The molecule has 1 unspecified atom stereocenters. The van der Waals surface area contributed by atoms with Crippen molar-refractivity contribution in [3.8, 4) is 0 Å². The van der Waals surface area contributed by atoms with E-state index in [1.54, 1.807) is 12.1 Å². The van der Waals surface area contributed by atoms with Crippen LogP contribution in [0.5, 0.6) is 0 Å². The minimum absolute atomic E-state index is 0.123. The van der Waals surface area contributed by atoms with Crippen molar-refractivity contribution in [2.24, 2.45) is 0 Å². The second-order valence-corrected chi connectivity index (χ2v) is 7.80. The fourth-order valence-electron chi connectivity index (χ4n) is 2.76. The van der Waals surface area contributed by atoms with Crippen molar-refractivity contribution in [1.29, 1.82) is 0 Å². The number of anilines is 1. The fourth-order valence-corrected chi connectivity index (χ4v) is 4.50. The van der Waals surface area contributed by atoms with Crippen LogP contribution in [-0.4, -0.2) is 14.2 Å². The zero-order valence-electron chi connectivity index (χ0n) is 12.2. The molecule has 1 atom stereocenters. The van der Waals surface area contributed by atoms with Gasteiger partial charge in [-0.2, -0.15) is 0 Å². The Morgan fingerprint density at radius 2 is 1.86 bits per heavy atom. The van der Waals surface area contributed by atoms with Gasteiger partial charge in [0.1, 0.15) is 0 Å². The van der Waals surface area contributed by atoms with Crippen LogP contribution in [0.15, 0.2) is 53.4 Å². The monoisotopic (exact) mass is 301 g/mol. The molecule has 0 amide bonds. The lowest BCUT2D eigenvalue weighted by Crippen LogP contribution is -2.13. The predicted octanol–water partition coefficient (Wildman–Crippen LogP) is 3.75. The third kappa shape index (κ3) is 2.68. The van der Waals surface area contributed by atoms with Gasteiger partial charge in [0.15, 0.2) is 9.84 Å². The van der Waals surface area contributed by atoms with Crippen molar-refractivity contribution in [3.63, 3.8) is 0 Å². The van der Waals surface area contributed by atoms with Gasteiger partial charge in [-0.15, -0.1) is 0 Å². The van der Waals surface area contributed by atoms with E-state index in [1.165, 1.54) is 5.56 Å². The number of rotatable bonds is 3. The second-order valence-electron chi connectivity index (χ2n) is 5.80. The molecular weight excluding hydrogens is 282 g/mol. The van der Waals surface area contributed by atoms with Crippen molar-refractivity contribution in [2.75, 3.05) is 11.1 Å². The van der Waals surface area contributed by atoms with E-state index in [0.717, 1.165) is 11.3 Å². The Labute approximate surface area is 125 Å². The number of benzene rings is 2. The van der Waals surface area contributed by atoms with Crippen LogP contribution in [-0.2, 0) is 9.84 Å². The maximum Gasteiger partial charge on any atom is 0.181 e. The molecule has 4 heteroatoms. The van der Waals surface area contributed by atoms with Crippen LogP contribution in [0, 0.1) is 0 Å². The molecule has 3 nitrogen and oxygen atoms in total. The second kappa shape index (κ2) is 5.19. The van der Waals surface area contributed by atoms with Crippen LogP contribution in [0.3, 0.4) is 0 Å². The third-order valence-corrected chi connectivity index (χ3v) is 5.72. The normalized spacial score (nSPS) is 19.5. The summed E-state index contributed by atoms with van der Waals surface area (Å²) in [6.07, 6.45) is 0. The quantitative estimate of drug-likeness (QED) is 0.939. The van der Waals surface area contributed by atoms with Gasteiger partial charge in [-0.25, -0.2) is 8.42 Å². The minimum Gasteiger partial charge on any atom is -0.377 e. The highest BCUT2D eigenvalue weighted by molar-refractivity contribution is 7.91. The summed E-state index contributed by atoms with van der Waals surface area (Å²) in [7, 11) is -3.16. The van der Waals surface area contributed by atoms with E-state index < -0.39 is 9.84 Å². The summed E-state index contributed by atoms with van der Waals surface area (Å²) in [6, 6.07) is 15.3. The van der Waals surface area contributed by atoms with E-state index in [1.807, 2.05) is 24.3 Å². The Hall–Kier alpha value is -1.81. The van der Waals surface area contributed by atoms with Gasteiger partial charge in [-0.1, -0.05) is 44.2 Å². The van der Waals surface area contributed by atoms with E-state index in [9.17, 15) is 8.42 Å². The maximum absolute atomic E-state index is 12.2. The Morgan fingerprint density at radius 3 is 2.62 bits per heavy atom. The lowest BCUT2D eigenvalue weighted by molar-refractivity contribution is 0.598. The van der Waals surface area contributed by atoms with Crippen LogP contribution < -0.4 is 5.32 Å². The minimum atomic E-state index is -3.16. The molecule has 1 aliphatic rings. The molecule has 0 aromatic heterocycles. The van der Waals surface area contributed by atoms with Gasteiger partial charge in [0, 0.05) is 5.69 Å². The molecule has 1 aliphatic heterocycles. The van der Waals surface area contributed by atoms with Gasteiger partial charge in [-0.3, -0.25) is 0 Å². The topological polar surface area (TPSA) is 46.2 Å². The summed E-state index contributed by atoms with van der Waals surface area (Å²) in [5.74, 6) is 0.574. The van der Waals surface area contributed by atoms with Gasteiger partial charge in [0.2, 0.25) is 0 Å². The molecule has 21 heavy (non-hydrogen) atoms. The van der Waals surface area contributed by atoms with Crippen molar-refractivity contribution < 1.29 is 8.42 Å². The molecule has 3 rings (SSSR count). The Bertz CT molecular complexity index is 766. The molecule has 0 aliphatic carbocycles. The van der Waals surface area contributed by atoms with Gasteiger partial charge in [0.05, 0.1) is 16.7 Å². The maximum atomic E-state index is 12.2. The van der Waals surface area contributed by atoms with E-state index in [2.05, 4.69) is 31.3 Å². The molecule has 0 bridgehead atoms. The molecule has 1 heterocycles. The molecule has 0 spiro atoms. The molecular formula is C17H19NO2S. The van der Waals surface area contributed by atoms with E-state index in [-0.39, 0.29) is 11.8 Å². The highest BCUT2D eigenvalue weighted by atomic mass is 32.2. The van der Waals surface area contributed by atoms with Gasteiger partial charge < -0.3 is 5.32 Å². The number of hydrogen-bond acceptors (Lipinski definition) is 3. The highest BCUT2D eigenvalue weighted by Gasteiger charge is 2.34. The van der Waals surface area contributed by atoms with Crippen LogP contribution in [0.25, 0.3) is 0 Å².